The van der Waals surface area contributed by atoms with Crippen LogP contribution in [0.4, 0.5) is 11.5 Å². The van der Waals surface area contributed by atoms with Gasteiger partial charge >= 0.3 is 0 Å². The Morgan fingerprint density at radius 2 is 1.89 bits per heavy atom. The van der Waals surface area contributed by atoms with Gasteiger partial charge in [-0.25, -0.2) is 18.4 Å². The van der Waals surface area contributed by atoms with Gasteiger partial charge in [-0.15, -0.1) is 0 Å². The average molecular weight is 398 g/mol. The van der Waals surface area contributed by atoms with Gasteiger partial charge in [-0.3, -0.25) is 4.79 Å². The first-order valence-electron chi connectivity index (χ1n) is 8.78. The van der Waals surface area contributed by atoms with Gasteiger partial charge in [0, 0.05) is 23.8 Å². The lowest BCUT2D eigenvalue weighted by molar-refractivity contribution is -0.121. The summed E-state index contributed by atoms with van der Waals surface area (Å²) in [5.41, 5.74) is 7.56. The Kier molecular flexibility index (Phi) is 5.33. The van der Waals surface area contributed by atoms with E-state index in [0.717, 1.165) is 17.2 Å². The minimum atomic E-state index is -3.60. The average Bonchev–Trinajstić information content (AvgIpc) is 2.64. The van der Waals surface area contributed by atoms with Crippen LogP contribution in [0.5, 0.6) is 0 Å². The summed E-state index contributed by atoms with van der Waals surface area (Å²) in [6, 6.07) is 12.5. The molecule has 2 heterocycles. The Labute approximate surface area is 164 Å². The molecule has 3 rings (SSSR count). The van der Waals surface area contributed by atoms with Crippen LogP contribution >= 0.6 is 0 Å². The van der Waals surface area contributed by atoms with Gasteiger partial charge < -0.3 is 10.6 Å². The van der Waals surface area contributed by atoms with Crippen molar-refractivity contribution in [3.8, 4) is 0 Å². The van der Waals surface area contributed by atoms with Gasteiger partial charge in [-0.2, -0.15) is 0 Å². The van der Waals surface area contributed by atoms with Crippen molar-refractivity contribution in [1.82, 2.24) is 9.97 Å². The van der Waals surface area contributed by atoms with Crippen molar-refractivity contribution in [2.24, 2.45) is 5.92 Å². The molecule has 0 saturated heterocycles. The maximum absolute atomic E-state index is 12.9. The highest BCUT2D eigenvalue weighted by Gasteiger charge is 2.26. The van der Waals surface area contributed by atoms with Crippen molar-refractivity contribution < 1.29 is 13.2 Å². The van der Waals surface area contributed by atoms with Crippen LogP contribution in [0.3, 0.4) is 0 Å². The molecule has 0 spiro atoms. The molecule has 0 aliphatic heterocycles. The van der Waals surface area contributed by atoms with Crippen LogP contribution in [0.1, 0.15) is 19.4 Å². The van der Waals surface area contributed by atoms with Gasteiger partial charge in [0.15, 0.2) is 14.9 Å². The number of carbonyl (C=O) groups is 1. The zero-order valence-corrected chi connectivity index (χ0v) is 16.8. The number of nitrogen functional groups attached to an aromatic ring is 1. The smallest absolute Gasteiger partial charge is 0.229 e. The summed E-state index contributed by atoms with van der Waals surface area (Å²) < 4.78 is 24.4. The Morgan fingerprint density at radius 1 is 1.18 bits per heavy atom. The molecule has 8 heteroatoms. The summed E-state index contributed by atoms with van der Waals surface area (Å²) in [6.07, 6.45) is 2.49. The number of nitrogens with zero attached hydrogens (tertiary/aromatic N) is 3. The van der Waals surface area contributed by atoms with E-state index in [-0.39, 0.29) is 29.1 Å². The molecule has 2 N–H and O–H groups in total. The summed E-state index contributed by atoms with van der Waals surface area (Å²) >= 11 is 0. The summed E-state index contributed by atoms with van der Waals surface area (Å²) in [7, 11) is -3.60. The van der Waals surface area contributed by atoms with Gasteiger partial charge in [0.1, 0.15) is 5.82 Å². The van der Waals surface area contributed by atoms with Gasteiger partial charge in [0.05, 0.1) is 17.7 Å². The van der Waals surface area contributed by atoms with Crippen LogP contribution in [-0.4, -0.2) is 30.5 Å². The van der Waals surface area contributed by atoms with Crippen molar-refractivity contribution in [2.45, 2.75) is 25.4 Å². The van der Waals surface area contributed by atoms with Crippen molar-refractivity contribution in [1.29, 1.82) is 0 Å². The van der Waals surface area contributed by atoms with E-state index in [1.165, 1.54) is 11.1 Å². The largest absolute Gasteiger partial charge is 0.384 e. The van der Waals surface area contributed by atoms with Crippen LogP contribution < -0.4 is 10.6 Å². The molecule has 0 fully saturated rings. The maximum atomic E-state index is 12.9. The lowest BCUT2D eigenvalue weighted by Crippen LogP contribution is -2.35. The number of amides is 1. The molecule has 0 saturated carbocycles. The molecular formula is C20H22N4O3S. The molecular weight excluding hydrogens is 376 g/mol. The maximum Gasteiger partial charge on any atom is 0.229 e. The third-order valence-corrected chi connectivity index (χ3v) is 5.29. The Bertz CT molecular complexity index is 1140. The van der Waals surface area contributed by atoms with E-state index in [0.29, 0.717) is 11.3 Å². The van der Waals surface area contributed by atoms with Crippen LogP contribution in [0.25, 0.3) is 10.9 Å². The number of hydrogen-bond donors (Lipinski definition) is 1. The van der Waals surface area contributed by atoms with E-state index in [2.05, 4.69) is 9.97 Å². The third-order valence-electron chi connectivity index (χ3n) is 4.27. The fraction of sp³-hybridized carbons (Fsp3) is 0.250. The molecule has 2 aromatic heterocycles. The second kappa shape index (κ2) is 7.55. The highest BCUT2D eigenvalue weighted by molar-refractivity contribution is 7.90. The van der Waals surface area contributed by atoms with Crippen molar-refractivity contribution in [3.63, 3.8) is 0 Å². The summed E-state index contributed by atoms with van der Waals surface area (Å²) in [4.78, 5) is 22.7. The Hall–Kier alpha value is -3.00. The Balaban J connectivity index is 2.09. The highest BCUT2D eigenvalue weighted by Crippen LogP contribution is 2.27. The van der Waals surface area contributed by atoms with E-state index in [4.69, 9.17) is 5.73 Å². The number of aromatic nitrogens is 2. The number of pyridine rings is 2. The lowest BCUT2D eigenvalue weighted by atomic mass is 10.1. The second-order valence-electron chi connectivity index (χ2n) is 6.94. The molecule has 7 nitrogen and oxygen atoms in total. The van der Waals surface area contributed by atoms with Crippen LogP contribution in [-0.2, 0) is 21.2 Å². The van der Waals surface area contributed by atoms with Crippen LogP contribution in [0.15, 0.2) is 53.7 Å². The number of anilines is 2. The molecule has 146 valence electrons. The molecule has 3 aromatic rings. The topological polar surface area (TPSA) is 106 Å². The monoisotopic (exact) mass is 398 g/mol. The van der Waals surface area contributed by atoms with Gasteiger partial charge in [0.25, 0.3) is 0 Å². The lowest BCUT2D eigenvalue weighted by Gasteiger charge is -2.26. The van der Waals surface area contributed by atoms with Crippen molar-refractivity contribution >= 4 is 38.2 Å². The molecule has 1 aromatic carbocycles. The number of benzene rings is 1. The van der Waals surface area contributed by atoms with Gasteiger partial charge in [-0.05, 0) is 35.9 Å². The predicted octanol–water partition coefficient (Wildman–Crippen LogP) is 2.80. The molecule has 0 aliphatic rings. The van der Waals surface area contributed by atoms with E-state index in [9.17, 15) is 13.2 Å². The fourth-order valence-electron chi connectivity index (χ4n) is 2.93. The Morgan fingerprint density at radius 3 is 2.57 bits per heavy atom. The molecule has 0 bridgehead atoms. The molecule has 0 unspecified atom stereocenters. The fourth-order valence-corrected chi connectivity index (χ4v) is 3.74. The zero-order chi connectivity index (χ0) is 20.5. The van der Waals surface area contributed by atoms with Crippen LogP contribution in [0.2, 0.25) is 0 Å². The van der Waals surface area contributed by atoms with Gasteiger partial charge in [-0.1, -0.05) is 26.0 Å². The number of carbonyl (C=O) groups excluding carboxylic acids is 1. The van der Waals surface area contributed by atoms with E-state index >= 15 is 0 Å². The first-order chi connectivity index (χ1) is 13.2. The summed E-state index contributed by atoms with van der Waals surface area (Å²) in [6.45, 7) is 3.74. The minimum absolute atomic E-state index is 0.118. The number of nitrogens with two attached hydrogens (primary N) is 1. The normalized spacial score (nSPS) is 11.7. The minimum Gasteiger partial charge on any atom is -0.384 e. The van der Waals surface area contributed by atoms with E-state index < -0.39 is 9.84 Å². The van der Waals surface area contributed by atoms with E-state index in [1.807, 2.05) is 24.3 Å². The zero-order valence-electron chi connectivity index (χ0n) is 16.0. The van der Waals surface area contributed by atoms with Crippen LogP contribution in [0, 0.1) is 5.92 Å². The third kappa shape index (κ3) is 4.12. The van der Waals surface area contributed by atoms with Crippen molar-refractivity contribution in [3.05, 3.63) is 54.2 Å². The number of rotatable bonds is 5. The second-order valence-corrected chi connectivity index (χ2v) is 8.87. The first-order valence-corrected chi connectivity index (χ1v) is 10.7. The predicted molar refractivity (Wildman–Crippen MR) is 110 cm³/mol. The summed E-state index contributed by atoms with van der Waals surface area (Å²) in [5.74, 6) is -0.105. The molecule has 0 radical (unpaired) electrons. The molecule has 1 amide bonds. The molecule has 0 aliphatic carbocycles. The standard InChI is InChI=1S/C20H22N4O3S/c1-13(2)20(25)24(17-5-4-10-22-19(17)28(3,26)27)12-14-6-7-15-8-9-18(21)23-16(15)11-14/h4-11,13H,12H2,1-3H3,(H2,21,23). The highest BCUT2D eigenvalue weighted by atomic mass is 32.2. The van der Waals surface area contributed by atoms with Gasteiger partial charge in [0.2, 0.25) is 5.91 Å². The first kappa shape index (κ1) is 19.8. The van der Waals surface area contributed by atoms with E-state index in [1.54, 1.807) is 32.0 Å². The number of fused-ring (bicyclic) bond motifs is 1. The number of hydrogen-bond acceptors (Lipinski definition) is 6. The van der Waals surface area contributed by atoms with Crippen molar-refractivity contribution in [2.75, 3.05) is 16.9 Å². The SMILES string of the molecule is CC(C)C(=O)N(Cc1ccc2ccc(N)nc2c1)c1cccnc1S(C)(=O)=O. The quantitative estimate of drug-likeness (QED) is 0.708. The summed E-state index contributed by atoms with van der Waals surface area (Å²) in [5, 5.41) is 0.810. The number of sulfone groups is 1. The molecule has 28 heavy (non-hydrogen) atoms. The molecule has 0 atom stereocenters.